The van der Waals surface area contributed by atoms with Crippen molar-refractivity contribution in [2.45, 2.75) is 38.8 Å². The molecule has 2 rings (SSSR count). The summed E-state index contributed by atoms with van der Waals surface area (Å²) in [6.45, 7) is 5.80. The van der Waals surface area contributed by atoms with E-state index in [1.54, 1.807) is 0 Å². The molecule has 130 valence electrons. The average molecular weight is 340 g/mol. The molecule has 0 aromatic heterocycles. The van der Waals surface area contributed by atoms with Crippen LogP contribution < -0.4 is 10.6 Å². The number of carbonyl (C=O) groups excluding carboxylic acids is 1. The molecular weight excluding hydrogens is 310 g/mol. The lowest BCUT2D eigenvalue weighted by Gasteiger charge is -2.35. The van der Waals surface area contributed by atoms with Crippen molar-refractivity contribution in [2.24, 2.45) is 5.92 Å². The van der Waals surface area contributed by atoms with Gasteiger partial charge in [0.15, 0.2) is 0 Å². The first-order valence-corrected chi connectivity index (χ1v) is 8.41. The Labute approximate surface area is 146 Å². The molecule has 1 fully saturated rings. The van der Waals surface area contributed by atoms with Crippen molar-refractivity contribution < 1.29 is 4.79 Å². The first kappa shape index (κ1) is 19.9. The van der Waals surface area contributed by atoms with Crippen molar-refractivity contribution in [3.8, 4) is 0 Å². The van der Waals surface area contributed by atoms with Gasteiger partial charge in [0.1, 0.15) is 0 Å². The van der Waals surface area contributed by atoms with Crippen LogP contribution in [-0.4, -0.2) is 43.5 Å². The molecule has 1 saturated heterocycles. The molecule has 4 nitrogen and oxygen atoms in total. The SMILES string of the molecule is CNCCC1CCN(C(C)C(=O)NCc2ccccc2)CC1.Cl. The standard InChI is InChI=1S/C18H29N3O.ClH/c1-15(18(22)20-14-17-6-4-3-5-7-17)21-12-9-16(10-13-21)8-11-19-2;/h3-7,15-16,19H,8-14H2,1-2H3,(H,20,22);1H. The summed E-state index contributed by atoms with van der Waals surface area (Å²) in [6.07, 6.45) is 3.66. The van der Waals surface area contributed by atoms with Crippen LogP contribution in [0.4, 0.5) is 0 Å². The minimum Gasteiger partial charge on any atom is -0.351 e. The summed E-state index contributed by atoms with van der Waals surface area (Å²) in [5, 5.41) is 6.27. The Bertz CT molecular complexity index is 447. The summed E-state index contributed by atoms with van der Waals surface area (Å²) < 4.78 is 0. The van der Waals surface area contributed by atoms with Crippen molar-refractivity contribution in [3.63, 3.8) is 0 Å². The van der Waals surface area contributed by atoms with Crippen LogP contribution in [0, 0.1) is 5.92 Å². The van der Waals surface area contributed by atoms with Crippen molar-refractivity contribution in [3.05, 3.63) is 35.9 Å². The van der Waals surface area contributed by atoms with E-state index in [1.165, 1.54) is 19.3 Å². The van der Waals surface area contributed by atoms with Gasteiger partial charge < -0.3 is 10.6 Å². The van der Waals surface area contributed by atoms with E-state index < -0.39 is 0 Å². The Morgan fingerprint density at radius 1 is 1.26 bits per heavy atom. The number of carbonyl (C=O) groups is 1. The fourth-order valence-corrected chi connectivity index (χ4v) is 3.08. The Kier molecular flexibility index (Phi) is 9.22. The van der Waals surface area contributed by atoms with Crippen molar-refractivity contribution >= 4 is 18.3 Å². The number of amides is 1. The van der Waals surface area contributed by atoms with Crippen LogP contribution in [0.3, 0.4) is 0 Å². The lowest BCUT2D eigenvalue weighted by atomic mass is 9.93. The zero-order chi connectivity index (χ0) is 15.8. The van der Waals surface area contributed by atoms with E-state index in [-0.39, 0.29) is 24.4 Å². The Balaban J connectivity index is 0.00000264. The van der Waals surface area contributed by atoms with Crippen LogP contribution in [0.5, 0.6) is 0 Å². The van der Waals surface area contributed by atoms with Crippen molar-refractivity contribution in [1.29, 1.82) is 0 Å². The maximum Gasteiger partial charge on any atom is 0.237 e. The topological polar surface area (TPSA) is 44.4 Å². The number of rotatable bonds is 7. The van der Waals surface area contributed by atoms with Crippen LogP contribution in [0.2, 0.25) is 0 Å². The highest BCUT2D eigenvalue weighted by molar-refractivity contribution is 5.85. The van der Waals surface area contributed by atoms with E-state index in [1.807, 2.05) is 44.3 Å². The van der Waals surface area contributed by atoms with Crippen molar-refractivity contribution in [2.75, 3.05) is 26.7 Å². The third-order valence-corrected chi connectivity index (χ3v) is 4.69. The third-order valence-electron chi connectivity index (χ3n) is 4.69. The van der Waals surface area contributed by atoms with Crippen LogP contribution >= 0.6 is 12.4 Å². The zero-order valence-corrected chi connectivity index (χ0v) is 15.1. The predicted octanol–water partition coefficient (Wildman–Crippen LogP) is 2.43. The summed E-state index contributed by atoms with van der Waals surface area (Å²) in [7, 11) is 2.01. The molecule has 1 unspecified atom stereocenters. The van der Waals surface area contributed by atoms with Crippen LogP contribution in [0.25, 0.3) is 0 Å². The fraction of sp³-hybridized carbons (Fsp3) is 0.611. The molecule has 1 amide bonds. The highest BCUT2D eigenvalue weighted by Crippen LogP contribution is 2.21. The van der Waals surface area contributed by atoms with Gasteiger partial charge in [-0.1, -0.05) is 30.3 Å². The molecule has 0 radical (unpaired) electrons. The Hall–Kier alpha value is -1.10. The Morgan fingerprint density at radius 3 is 2.52 bits per heavy atom. The first-order chi connectivity index (χ1) is 10.7. The second-order valence-corrected chi connectivity index (χ2v) is 6.25. The van der Waals surface area contributed by atoms with E-state index in [0.717, 1.165) is 31.1 Å². The van der Waals surface area contributed by atoms with E-state index >= 15 is 0 Å². The van der Waals surface area contributed by atoms with E-state index in [0.29, 0.717) is 6.54 Å². The molecule has 0 spiro atoms. The lowest BCUT2D eigenvalue weighted by Crippen LogP contribution is -2.48. The molecule has 1 aliphatic heterocycles. The number of hydrogen-bond acceptors (Lipinski definition) is 3. The normalized spacial score (nSPS) is 17.3. The fourth-order valence-electron chi connectivity index (χ4n) is 3.08. The van der Waals surface area contributed by atoms with Gasteiger partial charge in [-0.2, -0.15) is 0 Å². The first-order valence-electron chi connectivity index (χ1n) is 8.41. The molecule has 1 aromatic rings. The van der Waals surface area contributed by atoms with Gasteiger partial charge in [-0.25, -0.2) is 0 Å². The number of piperidine rings is 1. The number of nitrogens with one attached hydrogen (secondary N) is 2. The molecule has 1 aliphatic rings. The number of nitrogens with zero attached hydrogens (tertiary/aromatic N) is 1. The zero-order valence-electron chi connectivity index (χ0n) is 14.3. The minimum atomic E-state index is -0.0334. The van der Waals surface area contributed by atoms with E-state index in [9.17, 15) is 4.79 Å². The smallest absolute Gasteiger partial charge is 0.237 e. The molecule has 1 aromatic carbocycles. The monoisotopic (exact) mass is 339 g/mol. The number of halogens is 1. The highest BCUT2D eigenvalue weighted by Gasteiger charge is 2.26. The van der Waals surface area contributed by atoms with Gasteiger partial charge >= 0.3 is 0 Å². The molecule has 0 aliphatic carbocycles. The number of likely N-dealkylation sites (tertiary alicyclic amines) is 1. The van der Waals surface area contributed by atoms with Crippen molar-refractivity contribution in [1.82, 2.24) is 15.5 Å². The summed E-state index contributed by atoms with van der Waals surface area (Å²) in [4.78, 5) is 14.6. The van der Waals surface area contributed by atoms with Crippen LogP contribution in [0.15, 0.2) is 30.3 Å². The summed E-state index contributed by atoms with van der Waals surface area (Å²) in [5.74, 6) is 0.945. The third kappa shape index (κ3) is 6.50. The number of benzene rings is 1. The maximum atomic E-state index is 12.3. The molecule has 1 atom stereocenters. The summed E-state index contributed by atoms with van der Waals surface area (Å²) >= 11 is 0. The van der Waals surface area contributed by atoms with E-state index in [2.05, 4.69) is 15.5 Å². The van der Waals surface area contributed by atoms with E-state index in [4.69, 9.17) is 0 Å². The Morgan fingerprint density at radius 2 is 1.91 bits per heavy atom. The van der Waals surface area contributed by atoms with Gasteiger partial charge in [0.25, 0.3) is 0 Å². The van der Waals surface area contributed by atoms with Gasteiger partial charge in [0, 0.05) is 6.54 Å². The predicted molar refractivity (Wildman–Crippen MR) is 97.8 cm³/mol. The quantitative estimate of drug-likeness (QED) is 0.802. The van der Waals surface area contributed by atoms with Gasteiger partial charge in [-0.15, -0.1) is 12.4 Å². The second kappa shape index (κ2) is 10.6. The van der Waals surface area contributed by atoms with Crippen LogP contribution in [0.1, 0.15) is 31.7 Å². The molecule has 2 N–H and O–H groups in total. The molecule has 0 bridgehead atoms. The molecule has 23 heavy (non-hydrogen) atoms. The average Bonchev–Trinajstić information content (AvgIpc) is 2.58. The van der Waals surface area contributed by atoms with Gasteiger partial charge in [0.05, 0.1) is 6.04 Å². The van der Waals surface area contributed by atoms with Crippen LogP contribution in [-0.2, 0) is 11.3 Å². The minimum absolute atomic E-state index is 0. The summed E-state index contributed by atoms with van der Waals surface area (Å²) in [5.41, 5.74) is 1.15. The second-order valence-electron chi connectivity index (χ2n) is 6.25. The molecule has 1 heterocycles. The van der Waals surface area contributed by atoms with Gasteiger partial charge in [-0.3, -0.25) is 9.69 Å². The molecular formula is C18H30ClN3O. The number of hydrogen-bond donors (Lipinski definition) is 2. The van der Waals surface area contributed by atoms with Gasteiger partial charge in [-0.05, 0) is 64.3 Å². The highest BCUT2D eigenvalue weighted by atomic mass is 35.5. The largest absolute Gasteiger partial charge is 0.351 e. The van der Waals surface area contributed by atoms with Gasteiger partial charge in [0.2, 0.25) is 5.91 Å². The molecule has 5 heteroatoms. The summed E-state index contributed by atoms with van der Waals surface area (Å²) in [6, 6.07) is 10.0. The lowest BCUT2D eigenvalue weighted by molar-refractivity contribution is -0.126. The molecule has 0 saturated carbocycles. The maximum absolute atomic E-state index is 12.3.